The maximum atomic E-state index is 12.7. The summed E-state index contributed by atoms with van der Waals surface area (Å²) in [7, 11) is 0. The van der Waals surface area contributed by atoms with E-state index in [1.54, 1.807) is 11.3 Å². The zero-order valence-corrected chi connectivity index (χ0v) is 19.3. The Kier molecular flexibility index (Phi) is 7.34. The number of amides is 2. The van der Waals surface area contributed by atoms with Crippen molar-refractivity contribution in [3.8, 4) is 0 Å². The SMILES string of the molecule is C[C@H](NC(=O)OC(C)(C)C)[C@@H]1CCCN(C(=O)CCCc2nc3ccccc3s2)C1. The first-order chi connectivity index (χ1) is 14.2. The number of carbonyl (C=O) groups excluding carboxylic acids is 2. The van der Waals surface area contributed by atoms with Gasteiger partial charge >= 0.3 is 6.09 Å². The Labute approximate surface area is 183 Å². The molecular weight excluding hydrogens is 398 g/mol. The van der Waals surface area contributed by atoms with Crippen molar-refractivity contribution in [2.24, 2.45) is 5.92 Å². The number of thiazole rings is 1. The van der Waals surface area contributed by atoms with E-state index in [4.69, 9.17) is 4.74 Å². The van der Waals surface area contributed by atoms with Crippen LogP contribution in [-0.2, 0) is 16.0 Å². The third kappa shape index (κ3) is 6.42. The van der Waals surface area contributed by atoms with Crippen LogP contribution in [0, 0.1) is 5.92 Å². The lowest BCUT2D eigenvalue weighted by Gasteiger charge is -2.36. The minimum atomic E-state index is -0.512. The monoisotopic (exact) mass is 431 g/mol. The molecule has 1 saturated heterocycles. The molecule has 0 bridgehead atoms. The van der Waals surface area contributed by atoms with Crippen LogP contribution >= 0.6 is 11.3 Å². The zero-order chi connectivity index (χ0) is 21.7. The summed E-state index contributed by atoms with van der Waals surface area (Å²) < 4.78 is 6.55. The lowest BCUT2D eigenvalue weighted by molar-refractivity contribution is -0.133. The molecule has 1 aromatic carbocycles. The molecule has 1 aromatic heterocycles. The molecule has 2 aromatic rings. The first kappa shape index (κ1) is 22.5. The van der Waals surface area contributed by atoms with Crippen molar-refractivity contribution < 1.29 is 14.3 Å². The van der Waals surface area contributed by atoms with Gasteiger partial charge in [-0.15, -0.1) is 11.3 Å². The van der Waals surface area contributed by atoms with Crippen LogP contribution in [-0.4, -0.2) is 46.6 Å². The van der Waals surface area contributed by atoms with E-state index in [1.165, 1.54) is 4.70 Å². The lowest BCUT2D eigenvalue weighted by Crippen LogP contribution is -2.48. The van der Waals surface area contributed by atoms with Gasteiger partial charge in [0.15, 0.2) is 0 Å². The molecule has 1 aliphatic heterocycles. The van der Waals surface area contributed by atoms with E-state index in [9.17, 15) is 9.59 Å². The van der Waals surface area contributed by atoms with Crippen LogP contribution < -0.4 is 5.32 Å². The van der Waals surface area contributed by atoms with Crippen LogP contribution in [0.15, 0.2) is 24.3 Å². The number of alkyl carbamates (subject to hydrolysis) is 1. The first-order valence-electron chi connectivity index (χ1n) is 10.8. The molecule has 7 heteroatoms. The van der Waals surface area contributed by atoms with E-state index in [1.807, 2.05) is 50.8 Å². The smallest absolute Gasteiger partial charge is 0.407 e. The Morgan fingerprint density at radius 2 is 2.10 bits per heavy atom. The number of ether oxygens (including phenoxy) is 1. The molecule has 1 N–H and O–H groups in total. The van der Waals surface area contributed by atoms with E-state index < -0.39 is 11.7 Å². The summed E-state index contributed by atoms with van der Waals surface area (Å²) in [6, 6.07) is 8.11. The second-order valence-corrected chi connectivity index (χ2v) is 10.2. The number of hydrogen-bond acceptors (Lipinski definition) is 5. The molecule has 164 valence electrons. The molecule has 1 fully saturated rings. The van der Waals surface area contributed by atoms with E-state index in [-0.39, 0.29) is 17.9 Å². The summed E-state index contributed by atoms with van der Waals surface area (Å²) in [5.41, 5.74) is 0.524. The predicted octanol–water partition coefficient (Wildman–Crippen LogP) is 4.77. The van der Waals surface area contributed by atoms with Crippen molar-refractivity contribution in [2.75, 3.05) is 13.1 Å². The molecule has 2 amide bonds. The standard InChI is InChI=1S/C23H33N3O3S/c1-16(24-22(28)29-23(2,3)4)17-9-8-14-26(15-17)21(27)13-7-12-20-25-18-10-5-6-11-19(18)30-20/h5-6,10-11,16-17H,7-9,12-15H2,1-4H3,(H,24,28)/t16-,17+/m0/s1. The zero-order valence-electron chi connectivity index (χ0n) is 18.4. The van der Waals surface area contributed by atoms with E-state index in [2.05, 4.69) is 16.4 Å². The summed E-state index contributed by atoms with van der Waals surface area (Å²) >= 11 is 1.71. The maximum Gasteiger partial charge on any atom is 0.407 e. The number of fused-ring (bicyclic) bond motifs is 1. The van der Waals surface area contributed by atoms with Crippen LogP contribution in [0.2, 0.25) is 0 Å². The number of aromatic nitrogens is 1. The maximum absolute atomic E-state index is 12.7. The summed E-state index contributed by atoms with van der Waals surface area (Å²) in [5.74, 6) is 0.449. The Balaban J connectivity index is 1.44. The lowest BCUT2D eigenvalue weighted by atomic mass is 9.91. The molecule has 0 aliphatic carbocycles. The van der Waals surface area contributed by atoms with Crippen molar-refractivity contribution in [3.63, 3.8) is 0 Å². The number of carbonyl (C=O) groups is 2. The topological polar surface area (TPSA) is 71.5 Å². The van der Waals surface area contributed by atoms with Gasteiger partial charge in [0, 0.05) is 25.6 Å². The highest BCUT2D eigenvalue weighted by molar-refractivity contribution is 7.18. The van der Waals surface area contributed by atoms with Gasteiger partial charge in [-0.3, -0.25) is 4.79 Å². The summed E-state index contributed by atoms with van der Waals surface area (Å²) in [4.78, 5) is 31.4. The largest absolute Gasteiger partial charge is 0.444 e. The number of aryl methyl sites for hydroxylation is 1. The second kappa shape index (κ2) is 9.77. The van der Waals surface area contributed by atoms with Crippen molar-refractivity contribution in [1.82, 2.24) is 15.2 Å². The third-order valence-corrected chi connectivity index (χ3v) is 6.48. The van der Waals surface area contributed by atoms with Gasteiger partial charge in [-0.1, -0.05) is 12.1 Å². The van der Waals surface area contributed by atoms with E-state index in [0.717, 1.165) is 42.8 Å². The summed E-state index contributed by atoms with van der Waals surface area (Å²) in [6.07, 6.45) is 3.76. The minimum Gasteiger partial charge on any atom is -0.444 e. The van der Waals surface area contributed by atoms with Gasteiger partial charge in [-0.25, -0.2) is 9.78 Å². The highest BCUT2D eigenvalue weighted by atomic mass is 32.1. The van der Waals surface area contributed by atoms with Crippen LogP contribution in [0.3, 0.4) is 0 Å². The Hall–Kier alpha value is -2.15. The molecule has 2 atom stereocenters. The molecule has 2 heterocycles. The molecule has 0 unspecified atom stereocenters. The van der Waals surface area contributed by atoms with Gasteiger partial charge in [0.25, 0.3) is 0 Å². The summed E-state index contributed by atoms with van der Waals surface area (Å²) in [5, 5.41) is 4.03. The number of likely N-dealkylation sites (tertiary alicyclic amines) is 1. The predicted molar refractivity (Wildman–Crippen MR) is 121 cm³/mol. The Morgan fingerprint density at radius 1 is 1.33 bits per heavy atom. The van der Waals surface area contributed by atoms with Gasteiger partial charge < -0.3 is 15.0 Å². The molecule has 3 rings (SSSR count). The number of rotatable bonds is 6. The van der Waals surface area contributed by atoms with Gasteiger partial charge in [0.1, 0.15) is 5.60 Å². The molecule has 0 spiro atoms. The molecule has 0 saturated carbocycles. The fourth-order valence-electron chi connectivity index (χ4n) is 3.83. The van der Waals surface area contributed by atoms with Crippen molar-refractivity contribution in [3.05, 3.63) is 29.3 Å². The number of hydrogen-bond donors (Lipinski definition) is 1. The average Bonchev–Trinajstić information content (AvgIpc) is 3.09. The second-order valence-electron chi connectivity index (χ2n) is 9.11. The van der Waals surface area contributed by atoms with Crippen molar-refractivity contribution in [2.45, 2.75) is 71.4 Å². The number of benzene rings is 1. The fraction of sp³-hybridized carbons (Fsp3) is 0.609. The van der Waals surface area contributed by atoms with Crippen LogP contribution in [0.25, 0.3) is 10.2 Å². The number of nitrogens with zero attached hydrogens (tertiary/aromatic N) is 2. The summed E-state index contributed by atoms with van der Waals surface area (Å²) in [6.45, 7) is 9.05. The highest BCUT2D eigenvalue weighted by Gasteiger charge is 2.29. The van der Waals surface area contributed by atoms with Crippen molar-refractivity contribution >= 4 is 33.6 Å². The van der Waals surface area contributed by atoms with Gasteiger partial charge in [-0.05, 0) is 71.4 Å². The molecule has 1 aliphatic rings. The number of nitrogens with one attached hydrogen (secondary N) is 1. The van der Waals surface area contributed by atoms with Crippen LogP contribution in [0.4, 0.5) is 4.79 Å². The van der Waals surface area contributed by atoms with Gasteiger partial charge in [0.05, 0.1) is 15.2 Å². The number of piperidine rings is 1. The average molecular weight is 432 g/mol. The normalized spacial score (nSPS) is 18.3. The highest BCUT2D eigenvalue weighted by Crippen LogP contribution is 2.24. The minimum absolute atomic E-state index is 0.0294. The van der Waals surface area contributed by atoms with Gasteiger partial charge in [0.2, 0.25) is 5.91 Å². The van der Waals surface area contributed by atoms with E-state index >= 15 is 0 Å². The van der Waals surface area contributed by atoms with Crippen molar-refractivity contribution in [1.29, 1.82) is 0 Å². The number of para-hydroxylation sites is 1. The van der Waals surface area contributed by atoms with E-state index in [0.29, 0.717) is 13.0 Å². The Bertz CT molecular complexity index is 841. The Morgan fingerprint density at radius 3 is 2.83 bits per heavy atom. The van der Waals surface area contributed by atoms with Gasteiger partial charge in [-0.2, -0.15) is 0 Å². The molecule has 6 nitrogen and oxygen atoms in total. The third-order valence-electron chi connectivity index (χ3n) is 5.38. The molecule has 0 radical (unpaired) electrons. The van der Waals surface area contributed by atoms with Crippen LogP contribution in [0.1, 0.15) is 58.4 Å². The quantitative estimate of drug-likeness (QED) is 0.715. The fourth-order valence-corrected chi connectivity index (χ4v) is 4.84. The van der Waals surface area contributed by atoms with Crippen LogP contribution in [0.5, 0.6) is 0 Å². The molecular formula is C23H33N3O3S. The molecule has 30 heavy (non-hydrogen) atoms. The first-order valence-corrected chi connectivity index (χ1v) is 11.6.